The van der Waals surface area contributed by atoms with E-state index in [1.165, 1.54) is 33.5 Å². The third-order valence-corrected chi connectivity index (χ3v) is 4.83. The van der Waals surface area contributed by atoms with Crippen molar-refractivity contribution >= 4 is 28.6 Å². The zero-order valence-corrected chi connectivity index (χ0v) is 17.8. The smallest absolute Gasteiger partial charge is 0.340 e. The maximum atomic E-state index is 12.4. The highest BCUT2D eigenvalue weighted by atomic mass is 16.5. The Labute approximate surface area is 179 Å². The molecule has 0 aliphatic rings. The molecule has 0 unspecified atom stereocenters. The maximum absolute atomic E-state index is 12.4. The number of aromatic amines is 1. The monoisotopic (exact) mass is 427 g/mol. The van der Waals surface area contributed by atoms with Gasteiger partial charge in [-0.05, 0) is 30.2 Å². The van der Waals surface area contributed by atoms with Crippen molar-refractivity contribution in [2.24, 2.45) is 0 Å². The topological polar surface area (TPSA) is 111 Å². The number of methoxy groups -OCH3 is 4. The lowest BCUT2D eigenvalue weighted by molar-refractivity contribution is 0.0601. The van der Waals surface area contributed by atoms with E-state index in [0.29, 0.717) is 24.5 Å². The molecule has 0 saturated heterocycles. The summed E-state index contributed by atoms with van der Waals surface area (Å²) in [6, 6.07) is 8.29. The van der Waals surface area contributed by atoms with Crippen molar-refractivity contribution in [3.63, 3.8) is 0 Å². The molecule has 0 fully saturated rings. The number of benzene rings is 2. The number of H-pyrrole nitrogens is 1. The minimum atomic E-state index is -0.607. The molecule has 2 aromatic carbocycles. The SMILES string of the molecule is COC(=O)c1cc(OC)c(OC)cc1NC(=O)NCCc1c[nH]c2ccc(OC)cc12. The molecule has 3 N–H and O–H groups in total. The number of anilines is 1. The van der Waals surface area contributed by atoms with Crippen LogP contribution in [-0.2, 0) is 11.2 Å². The summed E-state index contributed by atoms with van der Waals surface area (Å²) in [5.74, 6) is 0.883. The number of carbonyl (C=O) groups is 2. The van der Waals surface area contributed by atoms with E-state index < -0.39 is 12.0 Å². The van der Waals surface area contributed by atoms with Gasteiger partial charge in [-0.15, -0.1) is 0 Å². The average Bonchev–Trinajstić information content (AvgIpc) is 3.20. The molecule has 9 nitrogen and oxygen atoms in total. The van der Waals surface area contributed by atoms with Crippen LogP contribution in [0, 0.1) is 0 Å². The number of fused-ring (bicyclic) bond motifs is 1. The van der Waals surface area contributed by atoms with E-state index in [9.17, 15) is 9.59 Å². The highest BCUT2D eigenvalue weighted by molar-refractivity contribution is 6.01. The summed E-state index contributed by atoms with van der Waals surface area (Å²) in [5.41, 5.74) is 2.45. The van der Waals surface area contributed by atoms with Gasteiger partial charge in [0.1, 0.15) is 5.75 Å². The summed E-state index contributed by atoms with van der Waals surface area (Å²) < 4.78 is 20.6. The summed E-state index contributed by atoms with van der Waals surface area (Å²) in [6.07, 6.45) is 2.52. The van der Waals surface area contributed by atoms with Gasteiger partial charge >= 0.3 is 12.0 Å². The number of amides is 2. The Morgan fingerprint density at radius 2 is 1.71 bits per heavy atom. The van der Waals surface area contributed by atoms with Crippen LogP contribution in [0.1, 0.15) is 15.9 Å². The van der Waals surface area contributed by atoms with Gasteiger partial charge in [-0.25, -0.2) is 9.59 Å². The van der Waals surface area contributed by atoms with E-state index in [2.05, 4.69) is 15.6 Å². The van der Waals surface area contributed by atoms with Crippen molar-refractivity contribution in [3.05, 3.63) is 47.7 Å². The molecule has 3 aromatic rings. The van der Waals surface area contributed by atoms with Crippen LogP contribution in [0.25, 0.3) is 10.9 Å². The van der Waals surface area contributed by atoms with Crippen LogP contribution in [0.4, 0.5) is 10.5 Å². The second-order valence-corrected chi connectivity index (χ2v) is 6.60. The molecular weight excluding hydrogens is 402 g/mol. The zero-order chi connectivity index (χ0) is 22.4. The van der Waals surface area contributed by atoms with Gasteiger partial charge in [0.15, 0.2) is 11.5 Å². The summed E-state index contributed by atoms with van der Waals surface area (Å²) >= 11 is 0. The highest BCUT2D eigenvalue weighted by Gasteiger charge is 2.19. The Morgan fingerprint density at radius 1 is 0.968 bits per heavy atom. The van der Waals surface area contributed by atoms with Gasteiger partial charge in [0.05, 0.1) is 39.7 Å². The second-order valence-electron chi connectivity index (χ2n) is 6.60. The molecule has 3 rings (SSSR count). The molecule has 0 radical (unpaired) electrons. The lowest BCUT2D eigenvalue weighted by atomic mass is 10.1. The van der Waals surface area contributed by atoms with Crippen LogP contribution in [0.5, 0.6) is 17.2 Å². The van der Waals surface area contributed by atoms with E-state index >= 15 is 0 Å². The first-order valence-electron chi connectivity index (χ1n) is 9.53. The van der Waals surface area contributed by atoms with Gasteiger partial charge < -0.3 is 34.6 Å². The predicted octanol–water partition coefficient (Wildman–Crippen LogP) is 3.34. The predicted molar refractivity (Wildman–Crippen MR) is 116 cm³/mol. The minimum absolute atomic E-state index is 0.152. The van der Waals surface area contributed by atoms with E-state index in [4.69, 9.17) is 18.9 Å². The molecule has 0 aliphatic carbocycles. The number of esters is 1. The lowest BCUT2D eigenvalue weighted by Crippen LogP contribution is -2.31. The van der Waals surface area contributed by atoms with Crippen LogP contribution in [-0.4, -0.2) is 52.0 Å². The van der Waals surface area contributed by atoms with Crippen molar-refractivity contribution in [3.8, 4) is 17.2 Å². The fourth-order valence-corrected chi connectivity index (χ4v) is 3.23. The Bertz CT molecular complexity index is 1090. The van der Waals surface area contributed by atoms with Gasteiger partial charge in [0.2, 0.25) is 0 Å². The standard InChI is InChI=1S/C22H25N3O6/c1-28-14-5-6-17-15(9-14)13(12-24-17)7-8-23-22(27)25-18-11-20(30-3)19(29-2)10-16(18)21(26)31-4/h5-6,9-12,24H,7-8H2,1-4H3,(H2,23,25,27). The Hall–Kier alpha value is -3.88. The number of hydrogen-bond donors (Lipinski definition) is 3. The number of nitrogens with one attached hydrogen (secondary N) is 3. The van der Waals surface area contributed by atoms with Crippen molar-refractivity contribution < 1.29 is 28.5 Å². The quantitative estimate of drug-likeness (QED) is 0.476. The summed E-state index contributed by atoms with van der Waals surface area (Å²) in [6.45, 7) is 0.386. The molecular formula is C22H25N3O6. The zero-order valence-electron chi connectivity index (χ0n) is 17.8. The fourth-order valence-electron chi connectivity index (χ4n) is 3.23. The molecule has 0 atom stereocenters. The third kappa shape index (κ3) is 4.82. The van der Waals surface area contributed by atoms with Gasteiger partial charge in [0.25, 0.3) is 0 Å². The van der Waals surface area contributed by atoms with Crippen molar-refractivity contribution in [2.45, 2.75) is 6.42 Å². The number of hydrogen-bond acceptors (Lipinski definition) is 6. The minimum Gasteiger partial charge on any atom is -0.497 e. The number of aromatic nitrogens is 1. The molecule has 9 heteroatoms. The van der Waals surface area contributed by atoms with Crippen LogP contribution in [0.15, 0.2) is 36.5 Å². The number of carbonyl (C=O) groups excluding carboxylic acids is 2. The summed E-state index contributed by atoms with van der Waals surface area (Å²) in [5, 5.41) is 6.50. The molecule has 0 aliphatic heterocycles. The molecule has 1 aromatic heterocycles. The van der Waals surface area contributed by atoms with E-state index in [1.54, 1.807) is 7.11 Å². The molecule has 2 amide bonds. The van der Waals surface area contributed by atoms with Gasteiger partial charge in [-0.1, -0.05) is 0 Å². The Balaban J connectivity index is 1.69. The van der Waals surface area contributed by atoms with E-state index in [1.807, 2.05) is 24.4 Å². The Morgan fingerprint density at radius 3 is 2.39 bits per heavy atom. The van der Waals surface area contributed by atoms with Crippen LogP contribution < -0.4 is 24.8 Å². The first-order chi connectivity index (χ1) is 15.0. The maximum Gasteiger partial charge on any atom is 0.340 e. The molecule has 0 saturated carbocycles. The third-order valence-electron chi connectivity index (χ3n) is 4.83. The number of urea groups is 1. The van der Waals surface area contributed by atoms with Crippen molar-refractivity contribution in [2.75, 3.05) is 40.3 Å². The van der Waals surface area contributed by atoms with Crippen molar-refractivity contribution in [1.29, 1.82) is 0 Å². The van der Waals surface area contributed by atoms with Gasteiger partial charge in [-0.2, -0.15) is 0 Å². The largest absolute Gasteiger partial charge is 0.497 e. The van der Waals surface area contributed by atoms with Crippen LogP contribution in [0.2, 0.25) is 0 Å². The van der Waals surface area contributed by atoms with Crippen molar-refractivity contribution in [1.82, 2.24) is 10.3 Å². The molecule has 31 heavy (non-hydrogen) atoms. The fraction of sp³-hybridized carbons (Fsp3) is 0.273. The van der Waals surface area contributed by atoms with Crippen LogP contribution in [0.3, 0.4) is 0 Å². The van der Waals surface area contributed by atoms with E-state index in [0.717, 1.165) is 22.2 Å². The molecule has 0 bridgehead atoms. The summed E-state index contributed by atoms with van der Waals surface area (Å²) in [4.78, 5) is 27.8. The normalized spacial score (nSPS) is 10.5. The van der Waals surface area contributed by atoms with Crippen LogP contribution >= 0.6 is 0 Å². The second kappa shape index (κ2) is 9.75. The number of rotatable bonds is 8. The highest BCUT2D eigenvalue weighted by Crippen LogP contribution is 2.33. The van der Waals surface area contributed by atoms with Gasteiger partial charge in [-0.3, -0.25) is 0 Å². The molecule has 0 spiro atoms. The Kier molecular flexibility index (Phi) is 6.86. The summed E-state index contributed by atoms with van der Waals surface area (Å²) in [7, 11) is 5.81. The molecule has 1 heterocycles. The first kappa shape index (κ1) is 21.8. The lowest BCUT2D eigenvalue weighted by Gasteiger charge is -2.15. The van der Waals surface area contributed by atoms with Gasteiger partial charge in [0, 0.05) is 35.8 Å². The first-order valence-corrected chi connectivity index (χ1v) is 9.53. The number of ether oxygens (including phenoxy) is 4. The molecule has 164 valence electrons. The average molecular weight is 427 g/mol. The van der Waals surface area contributed by atoms with E-state index in [-0.39, 0.29) is 11.3 Å².